The number of benzene rings is 1. The lowest BCUT2D eigenvalue weighted by Gasteiger charge is -2.14. The van der Waals surface area contributed by atoms with Gasteiger partial charge in [-0.2, -0.15) is 0 Å². The van der Waals surface area contributed by atoms with E-state index in [1.807, 2.05) is 13.8 Å². The van der Waals surface area contributed by atoms with Crippen molar-refractivity contribution in [3.8, 4) is 0 Å². The molecule has 2 rings (SSSR count). The molecule has 23 heavy (non-hydrogen) atoms. The minimum Gasteiger partial charge on any atom is -0.326 e. The van der Waals surface area contributed by atoms with Gasteiger partial charge in [-0.15, -0.1) is 0 Å². The molecule has 0 saturated carbocycles. The number of hydrogen-bond acceptors (Lipinski definition) is 3. The van der Waals surface area contributed by atoms with Crippen LogP contribution in [0.4, 0.5) is 19.3 Å². The van der Waals surface area contributed by atoms with Gasteiger partial charge in [-0.1, -0.05) is 13.8 Å². The molecule has 1 atom stereocenters. The minimum atomic E-state index is -0.811. The number of rotatable bonds is 5. The molecule has 1 aromatic rings. The van der Waals surface area contributed by atoms with Crippen molar-refractivity contribution in [2.24, 2.45) is 5.92 Å². The summed E-state index contributed by atoms with van der Waals surface area (Å²) in [5.74, 6) is -2.62. The van der Waals surface area contributed by atoms with E-state index in [2.05, 4.69) is 10.6 Å². The van der Waals surface area contributed by atoms with E-state index >= 15 is 0 Å². The van der Waals surface area contributed by atoms with E-state index in [1.165, 1.54) is 0 Å². The first-order chi connectivity index (χ1) is 10.8. The molecule has 0 aromatic heterocycles. The smallest absolute Gasteiger partial charge is 0.325 e. The van der Waals surface area contributed by atoms with Crippen LogP contribution in [-0.4, -0.2) is 35.3 Å². The van der Waals surface area contributed by atoms with Crippen molar-refractivity contribution in [3.05, 3.63) is 29.8 Å². The molecule has 1 fully saturated rings. The van der Waals surface area contributed by atoms with Gasteiger partial charge in [-0.25, -0.2) is 13.6 Å². The Kier molecular flexibility index (Phi) is 4.92. The number of nitrogens with zero attached hydrogens (tertiary/aromatic N) is 1. The Balaban J connectivity index is 2.01. The van der Waals surface area contributed by atoms with Crippen LogP contribution in [0, 0.1) is 17.6 Å². The van der Waals surface area contributed by atoms with E-state index < -0.39 is 42.1 Å². The number of carbonyl (C=O) groups excluding carboxylic acids is 3. The highest BCUT2D eigenvalue weighted by Crippen LogP contribution is 2.17. The molecule has 1 aliphatic rings. The predicted molar refractivity (Wildman–Crippen MR) is 78.5 cm³/mol. The number of nitrogens with one attached hydrogen (secondary N) is 2. The van der Waals surface area contributed by atoms with Gasteiger partial charge in [0.25, 0.3) is 5.91 Å². The molecule has 0 spiro atoms. The first kappa shape index (κ1) is 16.9. The lowest BCUT2D eigenvalue weighted by molar-refractivity contribution is -0.131. The highest BCUT2D eigenvalue weighted by molar-refractivity contribution is 6.07. The molecule has 8 heteroatoms. The Morgan fingerprint density at radius 2 is 2.04 bits per heavy atom. The zero-order chi connectivity index (χ0) is 17.1. The van der Waals surface area contributed by atoms with Crippen LogP contribution in [0.1, 0.15) is 20.3 Å². The van der Waals surface area contributed by atoms with Gasteiger partial charge in [-0.3, -0.25) is 14.5 Å². The average molecular weight is 325 g/mol. The maximum atomic E-state index is 13.5. The summed E-state index contributed by atoms with van der Waals surface area (Å²) >= 11 is 0. The van der Waals surface area contributed by atoms with E-state index in [1.54, 1.807) is 0 Å². The summed E-state index contributed by atoms with van der Waals surface area (Å²) in [6, 6.07) is 1.27. The van der Waals surface area contributed by atoms with E-state index in [4.69, 9.17) is 0 Å². The number of amides is 4. The van der Waals surface area contributed by atoms with Crippen LogP contribution < -0.4 is 10.6 Å². The maximum absolute atomic E-state index is 13.5. The summed E-state index contributed by atoms with van der Waals surface area (Å²) in [6.45, 7) is 3.25. The van der Waals surface area contributed by atoms with Gasteiger partial charge in [-0.05, 0) is 24.5 Å². The molecule has 2 N–H and O–H groups in total. The lowest BCUT2D eigenvalue weighted by atomic mass is 10.0. The van der Waals surface area contributed by atoms with Crippen molar-refractivity contribution in [1.82, 2.24) is 10.2 Å². The Morgan fingerprint density at radius 1 is 1.35 bits per heavy atom. The fourth-order valence-electron chi connectivity index (χ4n) is 2.28. The van der Waals surface area contributed by atoms with Crippen LogP contribution in [0.3, 0.4) is 0 Å². The summed E-state index contributed by atoms with van der Waals surface area (Å²) in [6.07, 6.45) is 0.460. The summed E-state index contributed by atoms with van der Waals surface area (Å²) in [4.78, 5) is 36.5. The van der Waals surface area contributed by atoms with Crippen molar-refractivity contribution in [3.63, 3.8) is 0 Å². The molecule has 0 unspecified atom stereocenters. The number of imide groups is 1. The van der Waals surface area contributed by atoms with Crippen LogP contribution in [0.15, 0.2) is 18.2 Å². The third kappa shape index (κ3) is 4.02. The van der Waals surface area contributed by atoms with Gasteiger partial charge < -0.3 is 10.6 Å². The van der Waals surface area contributed by atoms with Crippen LogP contribution in [0.25, 0.3) is 0 Å². The zero-order valence-corrected chi connectivity index (χ0v) is 12.7. The van der Waals surface area contributed by atoms with Crippen molar-refractivity contribution in [2.45, 2.75) is 26.3 Å². The van der Waals surface area contributed by atoms with Crippen molar-refractivity contribution in [1.29, 1.82) is 0 Å². The fraction of sp³-hybridized carbons (Fsp3) is 0.400. The number of hydrogen-bond donors (Lipinski definition) is 2. The van der Waals surface area contributed by atoms with Gasteiger partial charge in [0.05, 0.1) is 5.69 Å². The SMILES string of the molecule is CC(C)C[C@@H]1NC(=O)N(CC(=O)Nc2cc(F)ccc2F)C1=O. The molecule has 1 aliphatic heterocycles. The Morgan fingerprint density at radius 3 is 2.70 bits per heavy atom. The second-order valence-electron chi connectivity index (χ2n) is 5.73. The van der Waals surface area contributed by atoms with Gasteiger partial charge >= 0.3 is 6.03 Å². The topological polar surface area (TPSA) is 78.5 Å². The molecule has 4 amide bonds. The van der Waals surface area contributed by atoms with Crippen molar-refractivity contribution < 1.29 is 23.2 Å². The number of anilines is 1. The third-order valence-electron chi connectivity index (χ3n) is 3.32. The Labute approximate surface area is 131 Å². The number of carbonyl (C=O) groups is 3. The maximum Gasteiger partial charge on any atom is 0.325 e. The molecular formula is C15H17F2N3O3. The summed E-state index contributed by atoms with van der Waals surface area (Å²) in [5, 5.41) is 4.64. The highest BCUT2D eigenvalue weighted by Gasteiger charge is 2.39. The monoisotopic (exact) mass is 325 g/mol. The van der Waals surface area contributed by atoms with Gasteiger partial charge in [0.1, 0.15) is 24.2 Å². The molecule has 1 heterocycles. The van der Waals surface area contributed by atoms with Crippen LogP contribution >= 0.6 is 0 Å². The molecular weight excluding hydrogens is 308 g/mol. The Hall–Kier alpha value is -2.51. The second kappa shape index (κ2) is 6.72. The van der Waals surface area contributed by atoms with E-state index in [9.17, 15) is 23.2 Å². The van der Waals surface area contributed by atoms with E-state index in [0.717, 1.165) is 23.1 Å². The van der Waals surface area contributed by atoms with Gasteiger partial charge in [0, 0.05) is 6.07 Å². The molecule has 1 saturated heterocycles. The highest BCUT2D eigenvalue weighted by atomic mass is 19.1. The normalized spacial score (nSPS) is 17.6. The fourth-order valence-corrected chi connectivity index (χ4v) is 2.28. The van der Waals surface area contributed by atoms with E-state index in [0.29, 0.717) is 6.42 Å². The summed E-state index contributed by atoms with van der Waals surface area (Å²) < 4.78 is 26.5. The van der Waals surface area contributed by atoms with Gasteiger partial charge in [0.2, 0.25) is 5.91 Å². The summed E-state index contributed by atoms with van der Waals surface area (Å²) in [7, 11) is 0. The largest absolute Gasteiger partial charge is 0.326 e. The van der Waals surface area contributed by atoms with Crippen molar-refractivity contribution >= 4 is 23.5 Å². The third-order valence-corrected chi connectivity index (χ3v) is 3.32. The molecule has 0 aliphatic carbocycles. The molecule has 0 bridgehead atoms. The van der Waals surface area contributed by atoms with Crippen LogP contribution in [-0.2, 0) is 9.59 Å². The molecule has 1 aromatic carbocycles. The lowest BCUT2D eigenvalue weighted by Crippen LogP contribution is -2.38. The average Bonchev–Trinajstić information content (AvgIpc) is 2.70. The number of halogens is 2. The first-order valence-corrected chi connectivity index (χ1v) is 7.14. The van der Waals surface area contributed by atoms with Gasteiger partial charge in [0.15, 0.2) is 0 Å². The molecule has 0 radical (unpaired) electrons. The quantitative estimate of drug-likeness (QED) is 0.811. The Bertz CT molecular complexity index is 649. The van der Waals surface area contributed by atoms with Crippen molar-refractivity contribution in [2.75, 3.05) is 11.9 Å². The van der Waals surface area contributed by atoms with E-state index in [-0.39, 0.29) is 11.6 Å². The summed E-state index contributed by atoms with van der Waals surface area (Å²) in [5.41, 5.74) is -0.346. The van der Waals surface area contributed by atoms with Crippen LogP contribution in [0.5, 0.6) is 0 Å². The number of urea groups is 1. The minimum absolute atomic E-state index is 0.194. The second-order valence-corrected chi connectivity index (χ2v) is 5.73. The predicted octanol–water partition coefficient (Wildman–Crippen LogP) is 1.87. The first-order valence-electron chi connectivity index (χ1n) is 7.14. The zero-order valence-electron chi connectivity index (χ0n) is 12.7. The standard InChI is InChI=1S/C15H17F2N3O3/c1-8(2)5-12-14(22)20(15(23)19-12)7-13(21)18-11-6-9(16)3-4-10(11)17/h3-4,6,8,12H,5,7H2,1-2H3,(H,18,21)(H,19,23)/t12-/m0/s1. The molecule has 6 nitrogen and oxygen atoms in total. The molecule has 124 valence electrons. The van der Waals surface area contributed by atoms with Crippen LogP contribution in [0.2, 0.25) is 0 Å².